The van der Waals surface area contributed by atoms with Crippen LogP contribution in [0.4, 0.5) is 0 Å². The van der Waals surface area contributed by atoms with Gasteiger partial charge in [-0.2, -0.15) is 0 Å². The van der Waals surface area contributed by atoms with Gasteiger partial charge in [0.05, 0.1) is 0 Å². The Morgan fingerprint density at radius 3 is 2.72 bits per heavy atom. The summed E-state index contributed by atoms with van der Waals surface area (Å²) in [5.74, 6) is 0.641. The molecule has 4 heteroatoms. The second-order valence-electron chi connectivity index (χ2n) is 4.09. The summed E-state index contributed by atoms with van der Waals surface area (Å²) in [4.78, 5) is 15.4. The lowest BCUT2D eigenvalue weighted by Crippen LogP contribution is -1.96. The monoisotopic (exact) mass is 237 g/mol. The van der Waals surface area contributed by atoms with Crippen molar-refractivity contribution in [3.63, 3.8) is 0 Å². The molecule has 0 atom stereocenters. The molecule has 0 radical (unpaired) electrons. The Morgan fingerprint density at radius 1 is 1.11 bits per heavy atom. The van der Waals surface area contributed by atoms with E-state index in [0.717, 1.165) is 17.4 Å². The number of carbonyl (C=O) groups excluding carboxylic acids is 1. The van der Waals surface area contributed by atoms with E-state index < -0.39 is 0 Å². The molecule has 0 saturated heterocycles. The SMILES string of the molecule is Cc1ccccc1-c1nc2cccc(C=O)n2n1. The fraction of sp³-hybridized carbons (Fsp3) is 0.0714. The molecule has 18 heavy (non-hydrogen) atoms. The van der Waals surface area contributed by atoms with E-state index in [1.54, 1.807) is 16.6 Å². The van der Waals surface area contributed by atoms with Crippen molar-refractivity contribution in [2.45, 2.75) is 6.92 Å². The number of aldehydes is 1. The van der Waals surface area contributed by atoms with E-state index >= 15 is 0 Å². The van der Waals surface area contributed by atoms with Gasteiger partial charge in [0.25, 0.3) is 0 Å². The van der Waals surface area contributed by atoms with Crippen molar-refractivity contribution in [3.8, 4) is 11.4 Å². The molecule has 0 aliphatic carbocycles. The lowest BCUT2D eigenvalue weighted by atomic mass is 10.1. The van der Waals surface area contributed by atoms with Gasteiger partial charge in [-0.3, -0.25) is 4.79 Å². The lowest BCUT2D eigenvalue weighted by Gasteiger charge is -1.98. The first-order valence-electron chi connectivity index (χ1n) is 5.66. The normalized spacial score (nSPS) is 10.7. The van der Waals surface area contributed by atoms with Crippen molar-refractivity contribution >= 4 is 11.9 Å². The predicted molar refractivity (Wildman–Crippen MR) is 68.5 cm³/mol. The largest absolute Gasteiger partial charge is 0.296 e. The van der Waals surface area contributed by atoms with Crippen LogP contribution in [0.1, 0.15) is 16.1 Å². The van der Waals surface area contributed by atoms with Gasteiger partial charge in [-0.25, -0.2) is 9.50 Å². The van der Waals surface area contributed by atoms with E-state index in [0.29, 0.717) is 17.2 Å². The summed E-state index contributed by atoms with van der Waals surface area (Å²) in [6, 6.07) is 13.3. The van der Waals surface area contributed by atoms with Crippen LogP contribution < -0.4 is 0 Å². The zero-order valence-corrected chi connectivity index (χ0v) is 9.87. The van der Waals surface area contributed by atoms with E-state index in [4.69, 9.17) is 0 Å². The van der Waals surface area contributed by atoms with E-state index in [1.165, 1.54) is 0 Å². The molecule has 0 aliphatic heterocycles. The standard InChI is InChI=1S/C14H11N3O/c1-10-5-2-3-7-12(10)14-15-13-8-4-6-11(9-18)17(13)16-14/h2-9H,1H3. The van der Waals surface area contributed by atoms with Crippen LogP contribution in [0.5, 0.6) is 0 Å². The minimum Gasteiger partial charge on any atom is -0.296 e. The number of aromatic nitrogens is 3. The topological polar surface area (TPSA) is 47.3 Å². The van der Waals surface area contributed by atoms with Crippen LogP contribution in [0, 0.1) is 6.92 Å². The maximum Gasteiger partial charge on any atom is 0.182 e. The fourth-order valence-electron chi connectivity index (χ4n) is 1.95. The van der Waals surface area contributed by atoms with Crippen LogP contribution in [-0.2, 0) is 0 Å². The lowest BCUT2D eigenvalue weighted by molar-refractivity contribution is 0.111. The molecule has 0 unspecified atom stereocenters. The Hall–Kier alpha value is -2.49. The zero-order chi connectivity index (χ0) is 12.5. The number of carbonyl (C=O) groups is 1. The highest BCUT2D eigenvalue weighted by Gasteiger charge is 2.09. The molecule has 0 spiro atoms. The summed E-state index contributed by atoms with van der Waals surface area (Å²) in [6.45, 7) is 2.02. The first-order valence-corrected chi connectivity index (χ1v) is 5.66. The van der Waals surface area contributed by atoms with E-state index in [1.807, 2.05) is 37.3 Å². The fourth-order valence-corrected chi connectivity index (χ4v) is 1.95. The number of hydrogen-bond donors (Lipinski definition) is 0. The van der Waals surface area contributed by atoms with Gasteiger partial charge < -0.3 is 0 Å². The Labute approximate surface area is 104 Å². The molecule has 88 valence electrons. The highest BCUT2D eigenvalue weighted by molar-refractivity contribution is 5.74. The smallest absolute Gasteiger partial charge is 0.182 e. The second kappa shape index (κ2) is 4.07. The molecule has 0 amide bonds. The second-order valence-corrected chi connectivity index (χ2v) is 4.09. The summed E-state index contributed by atoms with van der Waals surface area (Å²) in [6.07, 6.45) is 0.781. The minimum absolute atomic E-state index is 0.500. The summed E-state index contributed by atoms with van der Waals surface area (Å²) in [7, 11) is 0. The molecular weight excluding hydrogens is 226 g/mol. The molecule has 4 nitrogen and oxygen atoms in total. The van der Waals surface area contributed by atoms with Gasteiger partial charge in [0.15, 0.2) is 17.8 Å². The van der Waals surface area contributed by atoms with Gasteiger partial charge in [-0.05, 0) is 24.6 Å². The van der Waals surface area contributed by atoms with Crippen LogP contribution in [0.25, 0.3) is 17.0 Å². The third-order valence-electron chi connectivity index (χ3n) is 2.90. The number of benzene rings is 1. The maximum absolute atomic E-state index is 10.9. The minimum atomic E-state index is 0.500. The third kappa shape index (κ3) is 1.59. The summed E-state index contributed by atoms with van der Waals surface area (Å²) in [5, 5.41) is 4.39. The molecule has 1 aromatic carbocycles. The van der Waals surface area contributed by atoms with Crippen LogP contribution >= 0.6 is 0 Å². The van der Waals surface area contributed by atoms with E-state index in [9.17, 15) is 4.79 Å². The zero-order valence-electron chi connectivity index (χ0n) is 9.87. The number of pyridine rings is 1. The van der Waals surface area contributed by atoms with Crippen LogP contribution in [0.3, 0.4) is 0 Å². The quantitative estimate of drug-likeness (QED) is 0.643. The Morgan fingerprint density at radius 2 is 1.94 bits per heavy atom. The van der Waals surface area contributed by atoms with Crippen LogP contribution in [-0.4, -0.2) is 20.9 Å². The molecule has 0 N–H and O–H groups in total. The van der Waals surface area contributed by atoms with E-state index in [-0.39, 0.29) is 0 Å². The number of nitrogens with zero attached hydrogens (tertiary/aromatic N) is 3. The molecule has 0 aliphatic rings. The third-order valence-corrected chi connectivity index (χ3v) is 2.90. The van der Waals surface area contributed by atoms with Gasteiger partial charge in [0, 0.05) is 5.56 Å². The predicted octanol–water partition coefficient (Wildman–Crippen LogP) is 2.52. The Balaban J connectivity index is 2.26. The summed E-state index contributed by atoms with van der Waals surface area (Å²) < 4.78 is 1.56. The van der Waals surface area contributed by atoms with Gasteiger partial charge in [-0.15, -0.1) is 5.10 Å². The van der Waals surface area contributed by atoms with Crippen molar-refractivity contribution < 1.29 is 4.79 Å². The Kier molecular flexibility index (Phi) is 2.41. The molecule has 3 aromatic rings. The molecule has 0 bridgehead atoms. The molecule has 0 fully saturated rings. The van der Waals surface area contributed by atoms with Crippen molar-refractivity contribution in [1.29, 1.82) is 0 Å². The van der Waals surface area contributed by atoms with Crippen molar-refractivity contribution in [2.24, 2.45) is 0 Å². The van der Waals surface area contributed by atoms with Crippen molar-refractivity contribution in [1.82, 2.24) is 14.6 Å². The highest BCUT2D eigenvalue weighted by atomic mass is 16.1. The number of fused-ring (bicyclic) bond motifs is 1. The molecule has 2 heterocycles. The first-order chi connectivity index (χ1) is 8.79. The average molecular weight is 237 g/mol. The first kappa shape index (κ1) is 10.7. The molecule has 0 saturated carbocycles. The van der Waals surface area contributed by atoms with Crippen LogP contribution in [0.2, 0.25) is 0 Å². The number of aryl methyl sites for hydroxylation is 1. The summed E-state index contributed by atoms with van der Waals surface area (Å²) in [5.41, 5.74) is 3.27. The molecule has 2 aromatic heterocycles. The van der Waals surface area contributed by atoms with Crippen molar-refractivity contribution in [2.75, 3.05) is 0 Å². The van der Waals surface area contributed by atoms with Crippen LogP contribution in [0.15, 0.2) is 42.5 Å². The van der Waals surface area contributed by atoms with Gasteiger partial charge in [-0.1, -0.05) is 30.3 Å². The van der Waals surface area contributed by atoms with E-state index in [2.05, 4.69) is 10.1 Å². The van der Waals surface area contributed by atoms with Gasteiger partial charge >= 0.3 is 0 Å². The van der Waals surface area contributed by atoms with Gasteiger partial charge in [0.1, 0.15) is 5.69 Å². The number of rotatable bonds is 2. The Bertz CT molecular complexity index is 731. The maximum atomic E-state index is 10.9. The molecular formula is C14H11N3O. The highest BCUT2D eigenvalue weighted by Crippen LogP contribution is 2.20. The molecule has 3 rings (SSSR count). The number of hydrogen-bond acceptors (Lipinski definition) is 3. The van der Waals surface area contributed by atoms with Gasteiger partial charge in [0.2, 0.25) is 0 Å². The summed E-state index contributed by atoms with van der Waals surface area (Å²) >= 11 is 0. The average Bonchev–Trinajstić information content (AvgIpc) is 2.82. The van der Waals surface area contributed by atoms with Crippen molar-refractivity contribution in [3.05, 3.63) is 53.7 Å².